The van der Waals surface area contributed by atoms with Crippen molar-refractivity contribution in [2.45, 2.75) is 104 Å². The zero-order chi connectivity index (χ0) is 32.4. The van der Waals surface area contributed by atoms with Gasteiger partial charge in [-0.15, -0.1) is 13.2 Å². The van der Waals surface area contributed by atoms with Crippen LogP contribution in [0.4, 0.5) is 0 Å². The van der Waals surface area contributed by atoms with E-state index in [4.69, 9.17) is 0 Å². The molecule has 0 radical (unpaired) electrons. The summed E-state index contributed by atoms with van der Waals surface area (Å²) in [4.78, 5) is 40.9. The largest absolute Gasteiger partial charge is 0.390 e. The molecule has 7 unspecified atom stereocenters. The first kappa shape index (κ1) is 34.1. The van der Waals surface area contributed by atoms with Crippen molar-refractivity contribution in [3.05, 3.63) is 72.9 Å². The lowest BCUT2D eigenvalue weighted by Gasteiger charge is -2.41. The predicted molar refractivity (Wildman–Crippen MR) is 178 cm³/mol. The van der Waals surface area contributed by atoms with Gasteiger partial charge in [0.25, 0.3) is 0 Å². The van der Waals surface area contributed by atoms with Gasteiger partial charge in [0.15, 0.2) is 11.6 Å². The molecule has 5 nitrogen and oxygen atoms in total. The quantitative estimate of drug-likeness (QED) is 0.146. The molecule has 44 heavy (non-hydrogen) atoms. The number of ketones is 2. The van der Waals surface area contributed by atoms with Gasteiger partial charge in [-0.25, -0.2) is 0 Å². The fourth-order valence-corrected chi connectivity index (χ4v) is 8.79. The number of carbonyl (C=O) groups is 3. The molecular formula is C39H55NO4. The molecule has 3 aliphatic carbocycles. The smallest absolute Gasteiger partial charge is 0.220 e. The lowest BCUT2D eigenvalue weighted by molar-refractivity contribution is -0.137. The third-order valence-electron chi connectivity index (χ3n) is 11.1. The molecule has 3 aliphatic rings. The van der Waals surface area contributed by atoms with Crippen LogP contribution < -0.4 is 5.32 Å². The van der Waals surface area contributed by atoms with Gasteiger partial charge in [0.2, 0.25) is 5.91 Å². The molecule has 0 bridgehead atoms. The van der Waals surface area contributed by atoms with E-state index in [1.54, 1.807) is 6.08 Å². The van der Waals surface area contributed by atoms with Crippen LogP contribution in [0.1, 0.15) is 90.7 Å². The van der Waals surface area contributed by atoms with E-state index in [1.807, 2.05) is 39.0 Å². The van der Waals surface area contributed by atoms with Gasteiger partial charge in [-0.1, -0.05) is 70.7 Å². The molecule has 1 aromatic carbocycles. The van der Waals surface area contributed by atoms with Crippen molar-refractivity contribution in [2.24, 2.45) is 46.8 Å². The second-order valence-corrected chi connectivity index (χ2v) is 15.2. The van der Waals surface area contributed by atoms with Crippen molar-refractivity contribution in [1.29, 1.82) is 0 Å². The van der Waals surface area contributed by atoms with Crippen LogP contribution in [0.5, 0.6) is 0 Å². The Bertz CT molecular complexity index is 1250. The zero-order valence-electron chi connectivity index (χ0n) is 27.7. The van der Waals surface area contributed by atoms with Crippen LogP contribution >= 0.6 is 0 Å². The molecule has 1 aromatic rings. The Morgan fingerprint density at radius 1 is 1.09 bits per heavy atom. The van der Waals surface area contributed by atoms with Crippen LogP contribution in [-0.4, -0.2) is 34.2 Å². The van der Waals surface area contributed by atoms with Crippen molar-refractivity contribution in [3.8, 4) is 0 Å². The molecule has 0 spiro atoms. The molecular weight excluding hydrogens is 546 g/mol. The maximum Gasteiger partial charge on any atom is 0.220 e. The Balaban J connectivity index is 1.62. The molecule has 2 saturated carbocycles. The number of hydrogen-bond donors (Lipinski definition) is 2. The van der Waals surface area contributed by atoms with E-state index in [9.17, 15) is 19.5 Å². The zero-order valence-corrected chi connectivity index (χ0v) is 27.7. The summed E-state index contributed by atoms with van der Waals surface area (Å²) < 4.78 is 0. The second kappa shape index (κ2) is 13.7. The van der Waals surface area contributed by atoms with Crippen LogP contribution in [0, 0.1) is 46.8 Å². The summed E-state index contributed by atoms with van der Waals surface area (Å²) in [6.45, 7) is 22.2. The number of nitrogens with one attached hydrogen (secondary N) is 1. The molecule has 240 valence electrons. The first-order valence-corrected chi connectivity index (χ1v) is 16.8. The molecule has 0 aromatic heterocycles. The van der Waals surface area contributed by atoms with Crippen molar-refractivity contribution in [2.75, 3.05) is 0 Å². The van der Waals surface area contributed by atoms with Crippen LogP contribution in [-0.2, 0) is 27.2 Å². The van der Waals surface area contributed by atoms with Crippen molar-refractivity contribution in [3.63, 3.8) is 0 Å². The molecule has 2 N–H and O–H groups in total. The van der Waals surface area contributed by atoms with Crippen LogP contribution in [0.15, 0.2) is 61.7 Å². The number of hydrogen-bond acceptors (Lipinski definition) is 4. The Hall–Kier alpha value is -2.79. The topological polar surface area (TPSA) is 83.5 Å². The molecule has 7 atom stereocenters. The van der Waals surface area contributed by atoms with Crippen LogP contribution in [0.3, 0.4) is 0 Å². The first-order chi connectivity index (χ1) is 20.7. The van der Waals surface area contributed by atoms with E-state index in [1.165, 1.54) is 11.1 Å². The molecule has 0 saturated heterocycles. The van der Waals surface area contributed by atoms with Gasteiger partial charge in [0, 0.05) is 24.7 Å². The summed E-state index contributed by atoms with van der Waals surface area (Å²) in [6.07, 6.45) is 8.91. The number of rotatable bonds is 17. The Morgan fingerprint density at radius 2 is 1.70 bits per heavy atom. The maximum absolute atomic E-state index is 14.7. The van der Waals surface area contributed by atoms with Gasteiger partial charge in [-0.3, -0.25) is 14.4 Å². The maximum atomic E-state index is 14.7. The molecule has 2 fully saturated rings. The minimum Gasteiger partial charge on any atom is -0.390 e. The van der Waals surface area contributed by atoms with Crippen LogP contribution in [0.2, 0.25) is 0 Å². The Labute approximate surface area is 265 Å². The number of aliphatic hydroxyl groups is 1. The fourth-order valence-electron chi connectivity index (χ4n) is 8.79. The summed E-state index contributed by atoms with van der Waals surface area (Å²) in [5, 5.41) is 15.6. The molecule has 0 aliphatic heterocycles. The summed E-state index contributed by atoms with van der Waals surface area (Å²) in [5.74, 6) is -0.0826. The third kappa shape index (κ3) is 7.19. The highest BCUT2D eigenvalue weighted by atomic mass is 16.3. The van der Waals surface area contributed by atoms with E-state index in [2.05, 4.69) is 51.0 Å². The minimum absolute atomic E-state index is 0.00542. The highest BCUT2D eigenvalue weighted by molar-refractivity contribution is 5.95. The van der Waals surface area contributed by atoms with E-state index >= 15 is 0 Å². The Kier molecular flexibility index (Phi) is 10.6. The summed E-state index contributed by atoms with van der Waals surface area (Å²) in [7, 11) is 0. The summed E-state index contributed by atoms with van der Waals surface area (Å²) >= 11 is 0. The van der Waals surface area contributed by atoms with Gasteiger partial charge in [0.05, 0.1) is 11.6 Å². The number of fused-ring (bicyclic) bond motifs is 2. The van der Waals surface area contributed by atoms with Gasteiger partial charge in [-0.2, -0.15) is 0 Å². The number of Topliss-reactive ketones (excluding diaryl/α,β-unsaturated/α-hetero) is 2. The standard InChI is InChI=1S/C39H55NO4/c1-9-11-15-28(25(5)32(41)18-12-10-2)23-39(8,44)34-30(22-31-35(34)38(31,6)7)37(43)36(40-33(42)19-24(3)4)29-20-26-16-13-14-17-27(26)21-29/h9-10,13-14,16-17,24,28-31,34-36,44H,1-2,5,11-12,15,18-23H2,3-4,6-8H3,(H,40,42). The predicted octanol–water partition coefficient (Wildman–Crippen LogP) is 7.22. The van der Waals surface area contributed by atoms with Gasteiger partial charge in [0.1, 0.15) is 0 Å². The van der Waals surface area contributed by atoms with Gasteiger partial charge in [-0.05, 0) is 104 Å². The van der Waals surface area contributed by atoms with Crippen molar-refractivity contribution in [1.82, 2.24) is 5.32 Å². The van der Waals surface area contributed by atoms with E-state index in [0.717, 1.165) is 19.3 Å². The normalized spacial score (nSPS) is 26.2. The van der Waals surface area contributed by atoms with Crippen molar-refractivity contribution >= 4 is 17.5 Å². The SMILES string of the molecule is C=CCCC(=O)C(=C)C(CCC=C)CC(C)(O)C1C(C(=O)C(NC(=O)CC(C)C)C2Cc3ccccc3C2)CC2C1C2(C)C. The molecule has 1 amide bonds. The number of amides is 1. The second-order valence-electron chi connectivity index (χ2n) is 15.2. The van der Waals surface area contributed by atoms with Crippen molar-refractivity contribution < 1.29 is 19.5 Å². The number of allylic oxidation sites excluding steroid dienone is 3. The van der Waals surface area contributed by atoms with E-state index in [0.29, 0.717) is 50.0 Å². The van der Waals surface area contributed by atoms with E-state index < -0.39 is 11.6 Å². The Morgan fingerprint density at radius 3 is 2.27 bits per heavy atom. The summed E-state index contributed by atoms with van der Waals surface area (Å²) in [6, 6.07) is 7.73. The van der Waals surface area contributed by atoms with Crippen LogP contribution in [0.25, 0.3) is 0 Å². The molecule has 0 heterocycles. The minimum atomic E-state index is -1.19. The third-order valence-corrected chi connectivity index (χ3v) is 11.1. The average Bonchev–Trinajstić information content (AvgIpc) is 3.34. The molecule has 4 rings (SSSR count). The van der Waals surface area contributed by atoms with Gasteiger partial charge < -0.3 is 10.4 Å². The first-order valence-electron chi connectivity index (χ1n) is 16.8. The summed E-state index contributed by atoms with van der Waals surface area (Å²) in [5.41, 5.74) is 1.89. The number of benzene rings is 1. The average molecular weight is 602 g/mol. The number of carbonyl (C=O) groups excluding carboxylic acids is 3. The fraction of sp³-hybridized carbons (Fsp3) is 0.615. The lowest BCUT2D eigenvalue weighted by Crippen LogP contribution is -2.53. The highest BCUT2D eigenvalue weighted by Gasteiger charge is 2.71. The lowest BCUT2D eigenvalue weighted by atomic mass is 9.67. The van der Waals surface area contributed by atoms with E-state index in [-0.39, 0.29) is 58.4 Å². The molecule has 5 heteroatoms. The van der Waals surface area contributed by atoms with Gasteiger partial charge >= 0.3 is 0 Å². The monoisotopic (exact) mass is 601 g/mol. The highest BCUT2D eigenvalue weighted by Crippen LogP contribution is 2.73.